The average Bonchev–Trinajstić information content (AvgIpc) is 3.12. The van der Waals surface area contributed by atoms with Crippen LogP contribution in [0.15, 0.2) is 30.5 Å². The molecule has 0 saturated carbocycles. The third kappa shape index (κ3) is 4.13. The number of nitrogens with zero attached hydrogens (tertiary/aromatic N) is 3. The third-order valence-electron chi connectivity index (χ3n) is 6.90. The first kappa shape index (κ1) is 21.6. The van der Waals surface area contributed by atoms with Crippen molar-refractivity contribution < 1.29 is 23.2 Å². The lowest BCUT2D eigenvalue weighted by atomic mass is 9.89. The van der Waals surface area contributed by atoms with Crippen molar-refractivity contribution in [2.24, 2.45) is 0 Å². The quantitative estimate of drug-likeness (QED) is 0.567. The highest BCUT2D eigenvalue weighted by molar-refractivity contribution is 6.05. The largest absolute Gasteiger partial charge is 0.322 e. The van der Waals surface area contributed by atoms with Crippen molar-refractivity contribution >= 4 is 17.7 Å². The SMILES string of the molecule is O=C1CCC(N2Cc3cc(CN4CCC(c5ccnc(F)c5F)CC4)ccc3C2=O)C(=O)N1. The molecule has 1 atom stereocenters. The maximum absolute atomic E-state index is 14.1. The van der Waals surface area contributed by atoms with E-state index in [2.05, 4.69) is 15.2 Å². The number of likely N-dealkylation sites (tertiary alicyclic amines) is 1. The van der Waals surface area contributed by atoms with Gasteiger partial charge in [0, 0.05) is 31.3 Å². The molecule has 2 saturated heterocycles. The number of amides is 3. The molecular weight excluding hydrogens is 430 g/mol. The molecule has 7 nitrogen and oxygen atoms in total. The number of carbonyl (C=O) groups excluding carboxylic acids is 3. The highest BCUT2D eigenvalue weighted by Crippen LogP contribution is 2.32. The summed E-state index contributed by atoms with van der Waals surface area (Å²) in [5.41, 5.74) is 2.93. The van der Waals surface area contributed by atoms with Gasteiger partial charge >= 0.3 is 0 Å². The zero-order valence-electron chi connectivity index (χ0n) is 18.0. The second-order valence-electron chi connectivity index (χ2n) is 8.95. The number of pyridine rings is 1. The Bertz CT molecular complexity index is 1130. The fraction of sp³-hybridized carbons (Fsp3) is 0.417. The van der Waals surface area contributed by atoms with Crippen LogP contribution in [-0.2, 0) is 22.7 Å². The van der Waals surface area contributed by atoms with E-state index < -0.39 is 23.7 Å². The van der Waals surface area contributed by atoms with Crippen molar-refractivity contribution in [3.63, 3.8) is 0 Å². The minimum atomic E-state index is -1.05. The van der Waals surface area contributed by atoms with Gasteiger partial charge in [-0.3, -0.25) is 24.6 Å². The fourth-order valence-corrected chi connectivity index (χ4v) is 5.13. The van der Waals surface area contributed by atoms with Crippen LogP contribution in [0.1, 0.15) is 58.6 Å². The van der Waals surface area contributed by atoms with Crippen molar-refractivity contribution in [3.8, 4) is 0 Å². The van der Waals surface area contributed by atoms with Crippen LogP contribution in [0, 0.1) is 11.8 Å². The highest BCUT2D eigenvalue weighted by atomic mass is 19.2. The molecule has 3 amide bonds. The van der Waals surface area contributed by atoms with Crippen LogP contribution in [0.5, 0.6) is 0 Å². The van der Waals surface area contributed by atoms with Crippen LogP contribution >= 0.6 is 0 Å². The number of hydrogen-bond acceptors (Lipinski definition) is 5. The number of carbonyl (C=O) groups is 3. The van der Waals surface area contributed by atoms with Crippen molar-refractivity contribution in [2.75, 3.05) is 13.1 Å². The summed E-state index contributed by atoms with van der Waals surface area (Å²) >= 11 is 0. The molecule has 0 spiro atoms. The lowest BCUT2D eigenvalue weighted by molar-refractivity contribution is -0.136. The van der Waals surface area contributed by atoms with Crippen LogP contribution in [0.3, 0.4) is 0 Å². The molecule has 1 aromatic carbocycles. The molecule has 4 heterocycles. The third-order valence-corrected chi connectivity index (χ3v) is 6.90. The predicted molar refractivity (Wildman–Crippen MR) is 114 cm³/mol. The molecule has 2 aromatic rings. The Morgan fingerprint density at radius 1 is 1.06 bits per heavy atom. The molecule has 3 aliphatic heterocycles. The summed E-state index contributed by atoms with van der Waals surface area (Å²) in [5, 5.41) is 2.31. The summed E-state index contributed by atoms with van der Waals surface area (Å²) in [5.74, 6) is -2.82. The summed E-state index contributed by atoms with van der Waals surface area (Å²) in [6.45, 7) is 2.56. The number of halogens is 2. The van der Waals surface area contributed by atoms with Crippen LogP contribution < -0.4 is 5.32 Å². The highest BCUT2D eigenvalue weighted by Gasteiger charge is 2.39. The van der Waals surface area contributed by atoms with Gasteiger partial charge in [0.05, 0.1) is 0 Å². The molecule has 1 aromatic heterocycles. The van der Waals surface area contributed by atoms with E-state index in [1.165, 1.54) is 6.20 Å². The van der Waals surface area contributed by atoms with Gasteiger partial charge in [0.1, 0.15) is 6.04 Å². The molecule has 0 radical (unpaired) electrons. The van der Waals surface area contributed by atoms with E-state index in [4.69, 9.17) is 0 Å². The molecule has 9 heteroatoms. The average molecular weight is 454 g/mol. The Labute approximate surface area is 189 Å². The monoisotopic (exact) mass is 454 g/mol. The smallest absolute Gasteiger partial charge is 0.255 e. The summed E-state index contributed by atoms with van der Waals surface area (Å²) in [7, 11) is 0. The van der Waals surface area contributed by atoms with Crippen molar-refractivity contribution in [1.82, 2.24) is 20.1 Å². The second kappa shape index (κ2) is 8.62. The van der Waals surface area contributed by atoms with Crippen LogP contribution in [0.2, 0.25) is 0 Å². The molecule has 1 N–H and O–H groups in total. The van der Waals surface area contributed by atoms with Gasteiger partial charge < -0.3 is 4.90 Å². The van der Waals surface area contributed by atoms with E-state index in [0.29, 0.717) is 30.6 Å². The number of imide groups is 1. The van der Waals surface area contributed by atoms with Crippen LogP contribution in [0.25, 0.3) is 0 Å². The number of benzene rings is 1. The van der Waals surface area contributed by atoms with Crippen LogP contribution in [0.4, 0.5) is 8.78 Å². The van der Waals surface area contributed by atoms with Gasteiger partial charge in [0.15, 0.2) is 5.82 Å². The van der Waals surface area contributed by atoms with Gasteiger partial charge in [0.25, 0.3) is 5.91 Å². The van der Waals surface area contributed by atoms with E-state index >= 15 is 0 Å². The molecular formula is C24H24F2N4O3. The van der Waals surface area contributed by atoms with Crippen molar-refractivity contribution in [1.29, 1.82) is 0 Å². The number of hydrogen-bond donors (Lipinski definition) is 1. The zero-order chi connectivity index (χ0) is 23.1. The van der Waals surface area contributed by atoms with Gasteiger partial charge in [0.2, 0.25) is 17.8 Å². The van der Waals surface area contributed by atoms with Crippen molar-refractivity contribution in [2.45, 2.75) is 50.7 Å². The first-order valence-corrected chi connectivity index (χ1v) is 11.2. The predicted octanol–water partition coefficient (Wildman–Crippen LogP) is 2.50. The first-order valence-electron chi connectivity index (χ1n) is 11.2. The number of nitrogens with one attached hydrogen (secondary N) is 1. The molecule has 0 bridgehead atoms. The Balaban J connectivity index is 1.22. The Morgan fingerprint density at radius 3 is 2.61 bits per heavy atom. The molecule has 2 fully saturated rings. The summed E-state index contributed by atoms with van der Waals surface area (Å²) in [4.78, 5) is 43.6. The lowest BCUT2D eigenvalue weighted by Crippen LogP contribution is -2.52. The Morgan fingerprint density at radius 2 is 1.85 bits per heavy atom. The minimum Gasteiger partial charge on any atom is -0.322 e. The van der Waals surface area contributed by atoms with Gasteiger partial charge in [-0.15, -0.1) is 0 Å². The standard InChI is InChI=1S/C24H24F2N4O3/c25-21-17(5-8-27-22(21)26)15-6-9-29(10-7-15)12-14-1-2-18-16(11-14)13-30(24(18)33)19-3-4-20(31)28-23(19)32/h1-2,5,8,11,15,19H,3-4,6-7,9-10,12-13H2,(H,28,31,32). The fourth-order valence-electron chi connectivity index (χ4n) is 5.13. The number of aromatic nitrogens is 1. The van der Waals surface area contributed by atoms with Crippen LogP contribution in [-0.4, -0.2) is 51.6 Å². The molecule has 1 unspecified atom stereocenters. The molecule has 0 aliphatic carbocycles. The molecule has 33 heavy (non-hydrogen) atoms. The first-order chi connectivity index (χ1) is 15.9. The van der Waals surface area contributed by atoms with E-state index in [9.17, 15) is 23.2 Å². The van der Waals surface area contributed by atoms with Gasteiger partial charge in [-0.05, 0) is 67.1 Å². The van der Waals surface area contributed by atoms with Crippen molar-refractivity contribution in [3.05, 3.63) is 64.5 Å². The molecule has 5 rings (SSSR count). The summed E-state index contributed by atoms with van der Waals surface area (Å²) in [6, 6.07) is 6.67. The second-order valence-corrected chi connectivity index (χ2v) is 8.95. The maximum Gasteiger partial charge on any atom is 0.255 e. The zero-order valence-corrected chi connectivity index (χ0v) is 18.0. The Hall–Kier alpha value is -3.20. The van der Waals surface area contributed by atoms with E-state index in [1.807, 2.05) is 12.1 Å². The normalized spacial score (nSPS) is 21.9. The minimum absolute atomic E-state index is 0.0292. The number of piperidine rings is 2. The Kier molecular flexibility index (Phi) is 5.65. The van der Waals surface area contributed by atoms with E-state index in [1.54, 1.807) is 17.0 Å². The maximum atomic E-state index is 14.1. The van der Waals surface area contributed by atoms with E-state index in [0.717, 1.165) is 37.1 Å². The molecule has 172 valence electrons. The van der Waals surface area contributed by atoms with Gasteiger partial charge in [-0.2, -0.15) is 4.39 Å². The number of fused-ring (bicyclic) bond motifs is 1. The lowest BCUT2D eigenvalue weighted by Gasteiger charge is -2.32. The van der Waals surface area contributed by atoms with Gasteiger partial charge in [-0.1, -0.05) is 12.1 Å². The summed E-state index contributed by atoms with van der Waals surface area (Å²) in [6.07, 6.45) is 3.34. The number of rotatable bonds is 4. The summed E-state index contributed by atoms with van der Waals surface area (Å²) < 4.78 is 27.5. The molecule has 3 aliphatic rings. The topological polar surface area (TPSA) is 82.6 Å². The van der Waals surface area contributed by atoms with Gasteiger partial charge in [-0.25, -0.2) is 9.37 Å². The van der Waals surface area contributed by atoms with E-state index in [-0.39, 0.29) is 24.2 Å².